The Hall–Kier alpha value is -2.95. The first-order valence-electron chi connectivity index (χ1n) is 7.35. The molecule has 2 heterocycles. The summed E-state index contributed by atoms with van der Waals surface area (Å²) in [5.41, 5.74) is 0.257. The summed E-state index contributed by atoms with van der Waals surface area (Å²) >= 11 is 1.17. The van der Waals surface area contributed by atoms with Crippen molar-refractivity contribution in [1.29, 1.82) is 0 Å². The number of furan rings is 1. The zero-order chi connectivity index (χ0) is 19.3. The van der Waals surface area contributed by atoms with Crippen molar-refractivity contribution in [3.63, 3.8) is 0 Å². The van der Waals surface area contributed by atoms with E-state index in [1.54, 1.807) is 6.92 Å². The number of nitrogens with zero attached hydrogens (tertiary/aromatic N) is 1. The van der Waals surface area contributed by atoms with Crippen molar-refractivity contribution in [2.24, 2.45) is 5.16 Å². The van der Waals surface area contributed by atoms with Gasteiger partial charge in [0.1, 0.15) is 18.2 Å². The lowest BCUT2D eigenvalue weighted by Gasteiger charge is -2.30. The first-order chi connectivity index (χ1) is 12.3. The normalized spacial score (nSPS) is 18.7. The van der Waals surface area contributed by atoms with Crippen LogP contribution in [0.3, 0.4) is 0 Å². The third kappa shape index (κ3) is 4.36. The number of carbonyl (C=O) groups is 3. The predicted octanol–water partition coefficient (Wildman–Crippen LogP) is 0.221. The molecule has 1 aliphatic rings. The van der Waals surface area contributed by atoms with Crippen LogP contribution in [0.15, 0.2) is 39.2 Å². The van der Waals surface area contributed by atoms with E-state index in [4.69, 9.17) is 4.42 Å². The second kappa shape index (κ2) is 8.43. The van der Waals surface area contributed by atoms with E-state index in [0.717, 1.165) is 0 Å². The van der Waals surface area contributed by atoms with Crippen molar-refractivity contribution in [1.82, 2.24) is 10.6 Å². The molecule has 10 nitrogen and oxygen atoms in total. The zero-order valence-corrected chi connectivity index (χ0v) is 14.7. The third-order valence-electron chi connectivity index (χ3n) is 3.41. The Morgan fingerprint density at radius 1 is 1.46 bits per heavy atom. The summed E-state index contributed by atoms with van der Waals surface area (Å²) < 4.78 is 5.09. The Morgan fingerprint density at radius 3 is 2.73 bits per heavy atom. The zero-order valence-electron chi connectivity index (χ0n) is 13.9. The van der Waals surface area contributed by atoms with Gasteiger partial charge in [-0.05, 0) is 24.6 Å². The fourth-order valence-electron chi connectivity index (χ4n) is 2.20. The molecule has 1 amide bonds. The minimum Gasteiger partial charge on any atom is -0.480 e. The summed E-state index contributed by atoms with van der Waals surface area (Å²) in [6.45, 7) is 1.63. The van der Waals surface area contributed by atoms with Gasteiger partial charge in [-0.25, -0.2) is 9.59 Å². The number of thioether (sulfide) groups is 1. The SMILES string of the molecule is CO/N=C(/C(=O)NC(C(=O)O)C1NC(C(=O)O)=C(C)CS1)c1ccco1. The topological polar surface area (TPSA) is 150 Å². The van der Waals surface area contributed by atoms with Crippen LogP contribution in [-0.4, -0.2) is 58.0 Å². The Morgan fingerprint density at radius 2 is 2.19 bits per heavy atom. The Bertz CT molecular complexity index is 757. The Labute approximate surface area is 152 Å². The van der Waals surface area contributed by atoms with Crippen LogP contribution < -0.4 is 10.6 Å². The summed E-state index contributed by atoms with van der Waals surface area (Å²) in [7, 11) is 1.23. The van der Waals surface area contributed by atoms with E-state index in [1.807, 2.05) is 0 Å². The average molecular weight is 383 g/mol. The highest BCUT2D eigenvalue weighted by atomic mass is 32.2. The molecule has 0 radical (unpaired) electrons. The number of carbonyl (C=O) groups excluding carboxylic acids is 1. The smallest absolute Gasteiger partial charge is 0.351 e. The molecule has 2 rings (SSSR count). The average Bonchev–Trinajstić information content (AvgIpc) is 3.11. The molecule has 0 bridgehead atoms. The molecule has 0 spiro atoms. The summed E-state index contributed by atoms with van der Waals surface area (Å²) in [4.78, 5) is 40.0. The van der Waals surface area contributed by atoms with E-state index >= 15 is 0 Å². The van der Waals surface area contributed by atoms with Gasteiger partial charge in [-0.3, -0.25) is 4.79 Å². The maximum Gasteiger partial charge on any atom is 0.351 e. The van der Waals surface area contributed by atoms with Crippen LogP contribution in [0, 0.1) is 0 Å². The molecule has 0 saturated carbocycles. The number of carboxylic acid groups (broad SMARTS) is 2. The second-order valence-electron chi connectivity index (χ2n) is 5.23. The largest absolute Gasteiger partial charge is 0.480 e. The van der Waals surface area contributed by atoms with E-state index in [9.17, 15) is 24.6 Å². The summed E-state index contributed by atoms with van der Waals surface area (Å²) in [6, 6.07) is 1.59. The predicted molar refractivity (Wildman–Crippen MR) is 91.5 cm³/mol. The molecule has 0 aliphatic carbocycles. The van der Waals surface area contributed by atoms with Gasteiger partial charge < -0.3 is 30.1 Å². The molecule has 11 heteroatoms. The van der Waals surface area contributed by atoms with Gasteiger partial charge in [0.05, 0.1) is 6.26 Å². The molecule has 1 aromatic heterocycles. The Balaban J connectivity index is 2.21. The van der Waals surface area contributed by atoms with Crippen LogP contribution in [0.4, 0.5) is 0 Å². The van der Waals surface area contributed by atoms with E-state index in [2.05, 4.69) is 20.6 Å². The van der Waals surface area contributed by atoms with Gasteiger partial charge in [0.2, 0.25) is 5.71 Å². The van der Waals surface area contributed by atoms with Crippen LogP contribution in [0.5, 0.6) is 0 Å². The van der Waals surface area contributed by atoms with Crippen LogP contribution in [0.2, 0.25) is 0 Å². The third-order valence-corrected chi connectivity index (χ3v) is 4.76. The van der Waals surface area contributed by atoms with E-state index in [0.29, 0.717) is 11.3 Å². The number of oxime groups is 1. The quantitative estimate of drug-likeness (QED) is 0.383. The number of rotatable bonds is 7. The first kappa shape index (κ1) is 19.4. The molecule has 2 unspecified atom stereocenters. The summed E-state index contributed by atoms with van der Waals surface area (Å²) in [5, 5.41) is 26.3. The van der Waals surface area contributed by atoms with Crippen LogP contribution in [0.1, 0.15) is 12.7 Å². The van der Waals surface area contributed by atoms with E-state index in [1.165, 1.54) is 37.3 Å². The Kier molecular flexibility index (Phi) is 6.28. The first-order valence-corrected chi connectivity index (χ1v) is 8.40. The van der Waals surface area contributed by atoms with Gasteiger partial charge in [0.25, 0.3) is 5.91 Å². The van der Waals surface area contributed by atoms with Crippen LogP contribution in [0.25, 0.3) is 0 Å². The van der Waals surface area contributed by atoms with Gasteiger partial charge in [-0.15, -0.1) is 11.8 Å². The van der Waals surface area contributed by atoms with Crippen LogP contribution in [-0.2, 0) is 19.2 Å². The van der Waals surface area contributed by atoms with Crippen LogP contribution >= 0.6 is 11.8 Å². The number of hydrogen-bond acceptors (Lipinski definition) is 8. The minimum absolute atomic E-state index is 0.0777. The lowest BCUT2D eigenvalue weighted by atomic mass is 10.2. The maximum absolute atomic E-state index is 12.5. The number of amides is 1. The second-order valence-corrected chi connectivity index (χ2v) is 6.36. The summed E-state index contributed by atoms with van der Waals surface area (Å²) in [5.74, 6) is -2.94. The molecule has 0 aromatic carbocycles. The number of aliphatic carboxylic acids is 2. The molecule has 1 aliphatic heterocycles. The molecular weight excluding hydrogens is 366 g/mol. The van der Waals surface area contributed by atoms with Crippen molar-refractivity contribution in [3.8, 4) is 0 Å². The fourth-order valence-corrected chi connectivity index (χ4v) is 3.35. The highest BCUT2D eigenvalue weighted by molar-refractivity contribution is 8.00. The van der Waals surface area contributed by atoms with Gasteiger partial charge in [-0.2, -0.15) is 0 Å². The lowest BCUT2D eigenvalue weighted by molar-refractivity contribution is -0.141. The summed E-state index contributed by atoms with van der Waals surface area (Å²) in [6.07, 6.45) is 1.33. The monoisotopic (exact) mass is 383 g/mol. The van der Waals surface area contributed by atoms with Gasteiger partial charge in [0.15, 0.2) is 11.8 Å². The molecule has 4 N–H and O–H groups in total. The molecule has 0 saturated heterocycles. The number of carboxylic acids is 2. The molecular formula is C15H17N3O7S. The van der Waals surface area contributed by atoms with Gasteiger partial charge in [-0.1, -0.05) is 5.16 Å². The van der Waals surface area contributed by atoms with Crippen molar-refractivity contribution in [2.75, 3.05) is 12.9 Å². The highest BCUT2D eigenvalue weighted by Gasteiger charge is 2.36. The van der Waals surface area contributed by atoms with Crippen molar-refractivity contribution >= 4 is 35.3 Å². The molecule has 26 heavy (non-hydrogen) atoms. The molecule has 2 atom stereocenters. The minimum atomic E-state index is -1.41. The van der Waals surface area contributed by atoms with E-state index in [-0.39, 0.29) is 17.2 Å². The number of hydrogen-bond donors (Lipinski definition) is 4. The van der Waals surface area contributed by atoms with Gasteiger partial charge >= 0.3 is 11.9 Å². The van der Waals surface area contributed by atoms with Crippen molar-refractivity contribution in [3.05, 3.63) is 35.4 Å². The number of nitrogens with one attached hydrogen (secondary N) is 2. The van der Waals surface area contributed by atoms with Crippen molar-refractivity contribution < 1.29 is 33.9 Å². The fraction of sp³-hybridized carbons (Fsp3) is 0.333. The van der Waals surface area contributed by atoms with Gasteiger partial charge in [0, 0.05) is 5.75 Å². The maximum atomic E-state index is 12.5. The lowest BCUT2D eigenvalue weighted by Crippen LogP contribution is -2.55. The van der Waals surface area contributed by atoms with Crippen molar-refractivity contribution in [2.45, 2.75) is 18.3 Å². The standard InChI is InChI=1S/C15H17N3O7S/c1-7-6-26-13(17-9(7)14(20)21)11(15(22)23)16-12(19)10(18-24-2)8-4-3-5-25-8/h3-5,11,13,17H,6H2,1-2H3,(H,16,19)(H,20,21)(H,22,23)/b18-10+. The molecule has 1 aromatic rings. The molecule has 140 valence electrons. The molecule has 0 fully saturated rings. The van der Waals surface area contributed by atoms with E-state index < -0.39 is 29.3 Å². The highest BCUT2D eigenvalue weighted by Crippen LogP contribution is 2.24.